The highest BCUT2D eigenvalue weighted by Gasteiger charge is 2.28. The van der Waals surface area contributed by atoms with Crippen molar-refractivity contribution in [1.82, 2.24) is 19.7 Å². The van der Waals surface area contributed by atoms with Gasteiger partial charge in [-0.1, -0.05) is 35.9 Å². The van der Waals surface area contributed by atoms with Crippen molar-refractivity contribution in [3.63, 3.8) is 0 Å². The van der Waals surface area contributed by atoms with Gasteiger partial charge in [-0.25, -0.2) is 4.79 Å². The number of halogens is 1. The van der Waals surface area contributed by atoms with Crippen LogP contribution in [-0.4, -0.2) is 37.3 Å². The first-order chi connectivity index (χ1) is 17.0. The molecular formula is C28H29ClN4O2. The number of nitrogens with one attached hydrogen (secondary N) is 1. The maximum absolute atomic E-state index is 10.9. The fraction of sp³-hybridized carbons (Fsp3) is 0.286. The summed E-state index contributed by atoms with van der Waals surface area (Å²) in [6, 6.07) is 12.6. The molecule has 0 saturated heterocycles. The minimum atomic E-state index is -0.929. The van der Waals surface area contributed by atoms with E-state index in [1.165, 1.54) is 33.7 Å². The van der Waals surface area contributed by atoms with Crippen LogP contribution in [0.5, 0.6) is 0 Å². The Labute approximate surface area is 209 Å². The zero-order valence-corrected chi connectivity index (χ0v) is 20.5. The standard InChI is InChI=1S/C28H29ClN4O2/c1-2-33-18-20(15-31-33)17-32(12-11-22-16-30-26-14-23(29)6-8-24(22)26)27-9-5-21-13-19(3-7-25(21)27)4-10-28(34)35/h3-4,6-8,10,13-16,18,27,30H,2,5,9,11-12,17H2,1H3,(H,34,35)/b10-4+. The van der Waals surface area contributed by atoms with Gasteiger partial charge in [0.1, 0.15) is 0 Å². The number of H-pyrrole nitrogens is 1. The van der Waals surface area contributed by atoms with Crippen LogP contribution in [0, 0.1) is 0 Å². The summed E-state index contributed by atoms with van der Waals surface area (Å²) in [5.41, 5.74) is 7.14. The van der Waals surface area contributed by atoms with Gasteiger partial charge in [-0.2, -0.15) is 5.10 Å². The third kappa shape index (κ3) is 5.19. The molecule has 2 N–H and O–H groups in total. The maximum Gasteiger partial charge on any atom is 0.328 e. The van der Waals surface area contributed by atoms with Crippen LogP contribution >= 0.6 is 11.6 Å². The van der Waals surface area contributed by atoms with Crippen LogP contribution in [0.2, 0.25) is 5.02 Å². The Balaban J connectivity index is 1.40. The van der Waals surface area contributed by atoms with Crippen molar-refractivity contribution in [1.29, 1.82) is 0 Å². The second kappa shape index (κ2) is 10.1. The molecule has 5 rings (SSSR count). The van der Waals surface area contributed by atoms with Gasteiger partial charge in [0, 0.05) is 65.6 Å². The van der Waals surface area contributed by atoms with Gasteiger partial charge in [-0.05, 0) is 66.6 Å². The number of hydrogen-bond acceptors (Lipinski definition) is 3. The van der Waals surface area contributed by atoms with Crippen molar-refractivity contribution in [2.75, 3.05) is 6.54 Å². The largest absolute Gasteiger partial charge is 0.478 e. The molecule has 6 nitrogen and oxygen atoms in total. The third-order valence-corrected chi connectivity index (χ3v) is 7.10. The number of aryl methyl sites for hydroxylation is 2. The number of aliphatic carboxylic acids is 1. The smallest absolute Gasteiger partial charge is 0.328 e. The van der Waals surface area contributed by atoms with Crippen molar-refractivity contribution < 1.29 is 9.90 Å². The van der Waals surface area contributed by atoms with Gasteiger partial charge in [0.05, 0.1) is 6.20 Å². The Hall–Kier alpha value is -3.35. The summed E-state index contributed by atoms with van der Waals surface area (Å²) in [6.45, 7) is 4.70. The third-order valence-electron chi connectivity index (χ3n) is 6.87. The van der Waals surface area contributed by atoms with E-state index in [4.69, 9.17) is 16.7 Å². The average molecular weight is 489 g/mol. The SMILES string of the molecule is CCn1cc(CN(CCc2c[nH]c3cc(Cl)ccc23)C2CCc3cc(/C=C/C(=O)O)ccc32)cn1. The van der Waals surface area contributed by atoms with E-state index in [1.54, 1.807) is 6.08 Å². The van der Waals surface area contributed by atoms with Gasteiger partial charge in [0.2, 0.25) is 0 Å². The second-order valence-electron chi connectivity index (χ2n) is 9.11. The molecule has 2 heterocycles. The first kappa shape index (κ1) is 23.4. The van der Waals surface area contributed by atoms with E-state index in [9.17, 15) is 4.79 Å². The van der Waals surface area contributed by atoms with Crippen molar-refractivity contribution in [2.24, 2.45) is 0 Å². The van der Waals surface area contributed by atoms with E-state index in [1.807, 2.05) is 29.1 Å². The number of aromatic amines is 1. The average Bonchev–Trinajstić information content (AvgIpc) is 3.58. The number of carbonyl (C=O) groups is 1. The number of fused-ring (bicyclic) bond motifs is 2. The van der Waals surface area contributed by atoms with E-state index in [0.29, 0.717) is 6.04 Å². The molecule has 0 spiro atoms. The predicted octanol–water partition coefficient (Wildman–Crippen LogP) is 5.87. The highest BCUT2D eigenvalue weighted by atomic mass is 35.5. The summed E-state index contributed by atoms with van der Waals surface area (Å²) in [5.74, 6) is -0.929. The zero-order chi connectivity index (χ0) is 24.4. The van der Waals surface area contributed by atoms with Crippen molar-refractivity contribution in [3.8, 4) is 0 Å². The maximum atomic E-state index is 10.9. The molecule has 4 aromatic rings. The fourth-order valence-electron chi connectivity index (χ4n) is 5.14. The van der Waals surface area contributed by atoms with E-state index >= 15 is 0 Å². The molecule has 1 atom stereocenters. The Morgan fingerprint density at radius 3 is 3.00 bits per heavy atom. The van der Waals surface area contributed by atoms with E-state index in [2.05, 4.69) is 52.5 Å². The number of carboxylic acids is 1. The van der Waals surface area contributed by atoms with Crippen LogP contribution in [0.4, 0.5) is 0 Å². The minimum absolute atomic E-state index is 0.312. The molecule has 1 aliphatic rings. The van der Waals surface area contributed by atoms with Gasteiger partial charge in [0.15, 0.2) is 0 Å². The lowest BCUT2D eigenvalue weighted by Gasteiger charge is -2.29. The summed E-state index contributed by atoms with van der Waals surface area (Å²) in [5, 5.41) is 15.4. The molecule has 0 bridgehead atoms. The fourth-order valence-corrected chi connectivity index (χ4v) is 5.31. The van der Waals surface area contributed by atoms with Gasteiger partial charge >= 0.3 is 5.97 Å². The molecule has 7 heteroatoms. The number of rotatable bonds is 9. The van der Waals surface area contributed by atoms with Crippen LogP contribution in [0.1, 0.15) is 47.2 Å². The normalized spacial score (nSPS) is 15.5. The number of aromatic nitrogens is 3. The van der Waals surface area contributed by atoms with Crippen LogP contribution in [0.25, 0.3) is 17.0 Å². The minimum Gasteiger partial charge on any atom is -0.478 e. The summed E-state index contributed by atoms with van der Waals surface area (Å²) in [4.78, 5) is 16.8. The number of benzene rings is 2. The molecule has 1 aliphatic carbocycles. The van der Waals surface area contributed by atoms with Crippen molar-refractivity contribution >= 4 is 34.5 Å². The van der Waals surface area contributed by atoms with Crippen molar-refractivity contribution in [2.45, 2.75) is 45.3 Å². The lowest BCUT2D eigenvalue weighted by atomic mass is 10.0. The topological polar surface area (TPSA) is 74.2 Å². The lowest BCUT2D eigenvalue weighted by Crippen LogP contribution is -2.29. The van der Waals surface area contributed by atoms with Crippen LogP contribution < -0.4 is 0 Å². The number of carboxylic acid groups (broad SMARTS) is 1. The van der Waals surface area contributed by atoms with Crippen molar-refractivity contribution in [3.05, 3.63) is 93.9 Å². The molecule has 0 saturated carbocycles. The Kier molecular flexibility index (Phi) is 6.75. The second-order valence-corrected chi connectivity index (χ2v) is 9.55. The van der Waals surface area contributed by atoms with Gasteiger partial charge in [-0.15, -0.1) is 0 Å². The lowest BCUT2D eigenvalue weighted by molar-refractivity contribution is -0.131. The van der Waals surface area contributed by atoms with Crippen LogP contribution in [0.15, 0.2) is 61.1 Å². The zero-order valence-electron chi connectivity index (χ0n) is 19.7. The molecule has 180 valence electrons. The molecular weight excluding hydrogens is 460 g/mol. The predicted molar refractivity (Wildman–Crippen MR) is 139 cm³/mol. The molecule has 1 unspecified atom stereocenters. The summed E-state index contributed by atoms with van der Waals surface area (Å²) in [6.07, 6.45) is 12.0. The molecule has 2 aromatic heterocycles. The molecule has 35 heavy (non-hydrogen) atoms. The first-order valence-corrected chi connectivity index (χ1v) is 12.4. The summed E-state index contributed by atoms with van der Waals surface area (Å²) in [7, 11) is 0. The Bertz CT molecular complexity index is 1390. The highest BCUT2D eigenvalue weighted by Crippen LogP contribution is 2.37. The van der Waals surface area contributed by atoms with Gasteiger partial charge < -0.3 is 10.1 Å². The summed E-state index contributed by atoms with van der Waals surface area (Å²) >= 11 is 6.17. The Morgan fingerprint density at radius 1 is 1.31 bits per heavy atom. The number of nitrogens with zero attached hydrogens (tertiary/aromatic N) is 3. The van der Waals surface area contributed by atoms with Crippen LogP contribution in [0.3, 0.4) is 0 Å². The molecule has 0 amide bonds. The van der Waals surface area contributed by atoms with Crippen LogP contribution in [-0.2, 0) is 30.7 Å². The van der Waals surface area contributed by atoms with Gasteiger partial charge in [-0.3, -0.25) is 9.58 Å². The first-order valence-electron chi connectivity index (χ1n) is 12.0. The van der Waals surface area contributed by atoms with E-state index < -0.39 is 5.97 Å². The Morgan fingerprint density at radius 2 is 2.20 bits per heavy atom. The highest BCUT2D eigenvalue weighted by molar-refractivity contribution is 6.31. The van der Waals surface area contributed by atoms with E-state index in [-0.39, 0.29) is 0 Å². The number of hydrogen-bond donors (Lipinski definition) is 2. The molecule has 0 aliphatic heterocycles. The monoisotopic (exact) mass is 488 g/mol. The molecule has 0 fully saturated rings. The quantitative estimate of drug-likeness (QED) is 0.289. The molecule has 0 radical (unpaired) electrons. The van der Waals surface area contributed by atoms with E-state index in [0.717, 1.165) is 55.0 Å². The molecule has 2 aromatic carbocycles. The summed E-state index contributed by atoms with van der Waals surface area (Å²) < 4.78 is 1.97. The van der Waals surface area contributed by atoms with Gasteiger partial charge in [0.25, 0.3) is 0 Å².